The summed E-state index contributed by atoms with van der Waals surface area (Å²) in [7, 11) is 0. The first-order chi connectivity index (χ1) is 14.9. The first kappa shape index (κ1) is 21.2. The van der Waals surface area contributed by atoms with Crippen molar-refractivity contribution in [2.75, 3.05) is 18.5 Å². The van der Waals surface area contributed by atoms with Crippen molar-refractivity contribution in [1.82, 2.24) is 15.0 Å². The summed E-state index contributed by atoms with van der Waals surface area (Å²) in [5.41, 5.74) is 2.31. The largest absolute Gasteiger partial charge is 0.455 e. The molecule has 1 saturated heterocycles. The normalized spacial score (nSPS) is 15.0. The number of nitrogens with one attached hydrogen (secondary N) is 1. The maximum absolute atomic E-state index is 10.2. The van der Waals surface area contributed by atoms with Crippen LogP contribution in [-0.4, -0.2) is 33.3 Å². The number of nitrogens with zero attached hydrogens (tertiary/aromatic N) is 3. The molecule has 2 N–H and O–H groups in total. The molecule has 162 valence electrons. The minimum atomic E-state index is -1.02. The predicted octanol–water partition coefficient (Wildman–Crippen LogP) is 4.84. The van der Waals surface area contributed by atoms with Crippen molar-refractivity contribution in [2.24, 2.45) is 0 Å². The average Bonchev–Trinajstić information content (AvgIpc) is 2.75. The maximum Gasteiger partial charge on any atom is 0.149 e. The monoisotopic (exact) mass is 420 g/mol. The number of pyridine rings is 3. The van der Waals surface area contributed by atoms with Crippen LogP contribution in [0.4, 0.5) is 11.5 Å². The van der Waals surface area contributed by atoms with Crippen LogP contribution in [0.25, 0.3) is 0 Å². The van der Waals surface area contributed by atoms with Crippen LogP contribution in [0.5, 0.6) is 11.5 Å². The molecule has 1 aliphatic rings. The van der Waals surface area contributed by atoms with E-state index in [0.717, 1.165) is 48.9 Å². The first-order valence-corrected chi connectivity index (χ1v) is 10.5. The topological polar surface area (TPSA) is 89.4 Å². The van der Waals surface area contributed by atoms with Crippen molar-refractivity contribution in [3.63, 3.8) is 0 Å². The molecule has 0 bridgehead atoms. The molecule has 4 heterocycles. The van der Waals surface area contributed by atoms with Crippen LogP contribution in [0.2, 0.25) is 0 Å². The quantitative estimate of drug-likeness (QED) is 0.590. The summed E-state index contributed by atoms with van der Waals surface area (Å²) in [5, 5.41) is 13.5. The minimum absolute atomic E-state index is 0.333. The van der Waals surface area contributed by atoms with Gasteiger partial charge in [-0.3, -0.25) is 9.97 Å². The fraction of sp³-hybridized carbons (Fsp3) is 0.375. The Morgan fingerprint density at radius 3 is 2.61 bits per heavy atom. The molecule has 3 aromatic rings. The van der Waals surface area contributed by atoms with Gasteiger partial charge >= 0.3 is 0 Å². The summed E-state index contributed by atoms with van der Waals surface area (Å²) in [5.74, 6) is 2.41. The fourth-order valence-electron chi connectivity index (χ4n) is 3.57. The zero-order valence-electron chi connectivity index (χ0n) is 18.1. The molecule has 0 saturated carbocycles. The van der Waals surface area contributed by atoms with Gasteiger partial charge in [-0.15, -0.1) is 0 Å². The lowest BCUT2D eigenvalue weighted by Gasteiger charge is -2.23. The van der Waals surface area contributed by atoms with Crippen molar-refractivity contribution in [3.05, 3.63) is 65.9 Å². The Morgan fingerprint density at radius 1 is 1.06 bits per heavy atom. The van der Waals surface area contributed by atoms with E-state index in [0.29, 0.717) is 23.2 Å². The molecule has 3 aromatic heterocycles. The van der Waals surface area contributed by atoms with Crippen LogP contribution >= 0.6 is 0 Å². The highest BCUT2D eigenvalue weighted by atomic mass is 16.5. The van der Waals surface area contributed by atoms with E-state index in [-0.39, 0.29) is 0 Å². The standard InChI is InChI=1S/C24H28N4O3/c1-16-4-5-20(23(27-16)17-8-12-30-13-9-17)31-19-7-11-26-22(15-19)28-18-6-10-25-21(14-18)24(2,3)29/h4-7,10-11,14-15,17,29H,8-9,12-13H2,1-3H3,(H,25,26,28). The molecule has 31 heavy (non-hydrogen) atoms. The summed E-state index contributed by atoms with van der Waals surface area (Å²) in [6.07, 6.45) is 5.25. The SMILES string of the molecule is Cc1ccc(Oc2ccnc(Nc3ccnc(C(C)(C)O)c3)c2)c(C2CCOCC2)n1. The van der Waals surface area contributed by atoms with Crippen molar-refractivity contribution in [1.29, 1.82) is 0 Å². The zero-order chi connectivity index (χ0) is 21.8. The summed E-state index contributed by atoms with van der Waals surface area (Å²) < 4.78 is 11.7. The van der Waals surface area contributed by atoms with Crippen LogP contribution in [0, 0.1) is 6.92 Å². The van der Waals surface area contributed by atoms with Gasteiger partial charge in [0.25, 0.3) is 0 Å². The second-order valence-electron chi connectivity index (χ2n) is 8.32. The highest BCUT2D eigenvalue weighted by Gasteiger charge is 2.22. The van der Waals surface area contributed by atoms with Gasteiger partial charge in [-0.05, 0) is 63.9 Å². The third-order valence-electron chi connectivity index (χ3n) is 5.25. The van der Waals surface area contributed by atoms with E-state index < -0.39 is 5.60 Å². The van der Waals surface area contributed by atoms with E-state index in [1.807, 2.05) is 43.3 Å². The number of aromatic nitrogens is 3. The second kappa shape index (κ2) is 8.99. The molecule has 0 spiro atoms. The molecule has 0 unspecified atom stereocenters. The van der Waals surface area contributed by atoms with E-state index >= 15 is 0 Å². The molecule has 1 aliphatic heterocycles. The number of ether oxygens (including phenoxy) is 2. The number of anilines is 2. The molecule has 1 fully saturated rings. The Bertz CT molecular complexity index is 1040. The van der Waals surface area contributed by atoms with Crippen LogP contribution in [0.1, 0.15) is 49.7 Å². The van der Waals surface area contributed by atoms with Gasteiger partial charge in [0.1, 0.15) is 22.9 Å². The Kier molecular flexibility index (Phi) is 6.15. The third-order valence-corrected chi connectivity index (χ3v) is 5.25. The lowest BCUT2D eigenvalue weighted by Crippen LogP contribution is -2.17. The molecule has 7 nitrogen and oxygen atoms in total. The third kappa shape index (κ3) is 5.37. The maximum atomic E-state index is 10.2. The lowest BCUT2D eigenvalue weighted by atomic mass is 9.95. The number of aryl methyl sites for hydroxylation is 1. The zero-order valence-corrected chi connectivity index (χ0v) is 18.1. The van der Waals surface area contributed by atoms with E-state index in [9.17, 15) is 5.11 Å². The minimum Gasteiger partial charge on any atom is -0.455 e. The van der Waals surface area contributed by atoms with Crippen LogP contribution < -0.4 is 10.1 Å². The van der Waals surface area contributed by atoms with Crippen LogP contribution in [-0.2, 0) is 10.3 Å². The lowest BCUT2D eigenvalue weighted by molar-refractivity contribution is 0.0739. The van der Waals surface area contributed by atoms with Crippen molar-refractivity contribution in [2.45, 2.75) is 45.1 Å². The molecule has 0 aromatic carbocycles. The van der Waals surface area contributed by atoms with Gasteiger partial charge in [-0.1, -0.05) is 0 Å². The predicted molar refractivity (Wildman–Crippen MR) is 119 cm³/mol. The van der Waals surface area contributed by atoms with Gasteiger partial charge in [0.05, 0.1) is 11.4 Å². The molecule has 0 atom stereocenters. The number of hydrogen-bond donors (Lipinski definition) is 2. The highest BCUT2D eigenvalue weighted by molar-refractivity contribution is 5.58. The molecule has 4 rings (SSSR count). The fourth-order valence-corrected chi connectivity index (χ4v) is 3.57. The summed E-state index contributed by atoms with van der Waals surface area (Å²) >= 11 is 0. The number of rotatable bonds is 6. The molecule has 0 amide bonds. The van der Waals surface area contributed by atoms with Crippen molar-refractivity contribution in [3.8, 4) is 11.5 Å². The number of aliphatic hydroxyl groups is 1. The van der Waals surface area contributed by atoms with Crippen molar-refractivity contribution < 1.29 is 14.6 Å². The Hall–Kier alpha value is -3.03. The summed E-state index contributed by atoms with van der Waals surface area (Å²) in [6.45, 7) is 6.91. The molecule has 0 radical (unpaired) electrons. The van der Waals surface area contributed by atoms with Crippen LogP contribution in [0.15, 0.2) is 48.8 Å². The Balaban J connectivity index is 1.55. The van der Waals surface area contributed by atoms with Gasteiger partial charge in [-0.25, -0.2) is 4.98 Å². The number of hydrogen-bond acceptors (Lipinski definition) is 7. The molecular formula is C24H28N4O3. The van der Waals surface area contributed by atoms with E-state index in [4.69, 9.17) is 14.5 Å². The first-order valence-electron chi connectivity index (χ1n) is 10.5. The molecule has 0 aliphatic carbocycles. The Labute approximate surface area is 182 Å². The van der Waals surface area contributed by atoms with Crippen molar-refractivity contribution >= 4 is 11.5 Å². The van der Waals surface area contributed by atoms with Gasteiger partial charge in [0, 0.05) is 49.0 Å². The van der Waals surface area contributed by atoms with Gasteiger partial charge < -0.3 is 19.9 Å². The summed E-state index contributed by atoms with van der Waals surface area (Å²) in [6, 6.07) is 11.3. The van der Waals surface area contributed by atoms with Gasteiger partial charge in [-0.2, -0.15) is 0 Å². The molecule has 7 heteroatoms. The van der Waals surface area contributed by atoms with E-state index in [1.54, 1.807) is 26.2 Å². The van der Waals surface area contributed by atoms with E-state index in [1.165, 1.54) is 0 Å². The van der Waals surface area contributed by atoms with Gasteiger partial charge in [0.2, 0.25) is 0 Å². The Morgan fingerprint density at radius 2 is 1.84 bits per heavy atom. The molecular weight excluding hydrogens is 392 g/mol. The van der Waals surface area contributed by atoms with Crippen LogP contribution in [0.3, 0.4) is 0 Å². The summed E-state index contributed by atoms with van der Waals surface area (Å²) in [4.78, 5) is 13.4. The smallest absolute Gasteiger partial charge is 0.149 e. The highest BCUT2D eigenvalue weighted by Crippen LogP contribution is 2.35. The van der Waals surface area contributed by atoms with Gasteiger partial charge in [0.15, 0.2) is 0 Å². The van der Waals surface area contributed by atoms with E-state index in [2.05, 4.69) is 15.3 Å². The second-order valence-corrected chi connectivity index (χ2v) is 8.32. The average molecular weight is 421 g/mol.